The summed E-state index contributed by atoms with van der Waals surface area (Å²) in [5, 5.41) is 0.686. The van der Waals surface area contributed by atoms with Gasteiger partial charge in [-0.25, -0.2) is 4.98 Å². The van der Waals surface area contributed by atoms with Crippen molar-refractivity contribution in [2.24, 2.45) is 0 Å². The van der Waals surface area contributed by atoms with E-state index in [4.69, 9.17) is 10.2 Å². The van der Waals surface area contributed by atoms with Gasteiger partial charge < -0.3 is 10.2 Å². The fourth-order valence-electron chi connectivity index (χ4n) is 1.57. The Morgan fingerprint density at radius 3 is 2.61 bits per heavy atom. The van der Waals surface area contributed by atoms with E-state index in [1.165, 1.54) is 0 Å². The summed E-state index contributed by atoms with van der Waals surface area (Å²) < 4.78 is 5.52. The van der Waals surface area contributed by atoms with Crippen LogP contribution in [-0.4, -0.2) is 9.97 Å². The molecule has 2 N–H and O–H groups in total. The summed E-state index contributed by atoms with van der Waals surface area (Å²) >= 11 is 1.54. The van der Waals surface area contributed by atoms with Gasteiger partial charge >= 0.3 is 0 Å². The number of nitrogens with zero attached hydrogens (tertiary/aromatic N) is 2. The van der Waals surface area contributed by atoms with Gasteiger partial charge in [-0.3, -0.25) is 4.98 Å². The first kappa shape index (κ1) is 13.0. The summed E-state index contributed by atoms with van der Waals surface area (Å²) in [6, 6.07) is 0. The summed E-state index contributed by atoms with van der Waals surface area (Å²) in [6.07, 6.45) is 1.81. The number of aryl methyl sites for hydroxylation is 3. The molecule has 4 nitrogen and oxygen atoms in total. The first-order valence-corrected chi connectivity index (χ1v) is 6.75. The van der Waals surface area contributed by atoms with Crippen molar-refractivity contribution in [2.75, 3.05) is 5.73 Å². The van der Waals surface area contributed by atoms with Crippen LogP contribution in [0.1, 0.15) is 28.3 Å². The van der Waals surface area contributed by atoms with E-state index in [1.807, 2.05) is 33.9 Å². The van der Waals surface area contributed by atoms with Crippen molar-refractivity contribution in [3.05, 3.63) is 34.5 Å². The van der Waals surface area contributed by atoms with E-state index < -0.39 is 0 Å². The minimum atomic E-state index is 0.686. The Balaban J connectivity index is 2.13. The first-order valence-electron chi connectivity index (χ1n) is 5.76. The maximum Gasteiger partial charge on any atom is 0.256 e. The monoisotopic (exact) mass is 263 g/mol. The molecule has 18 heavy (non-hydrogen) atoms. The Bertz CT molecular complexity index is 558. The van der Waals surface area contributed by atoms with E-state index in [1.54, 1.807) is 11.8 Å². The van der Waals surface area contributed by atoms with Crippen molar-refractivity contribution >= 4 is 17.4 Å². The number of thioether (sulfide) groups is 1. The molecule has 2 aromatic rings. The highest BCUT2D eigenvalue weighted by atomic mass is 32.2. The van der Waals surface area contributed by atoms with Crippen LogP contribution < -0.4 is 5.73 Å². The molecular formula is C13H17N3OS. The maximum absolute atomic E-state index is 5.99. The van der Waals surface area contributed by atoms with E-state index >= 15 is 0 Å². The zero-order valence-corrected chi connectivity index (χ0v) is 11.9. The molecular weight excluding hydrogens is 246 g/mol. The smallest absolute Gasteiger partial charge is 0.256 e. The van der Waals surface area contributed by atoms with Gasteiger partial charge in [-0.1, -0.05) is 11.8 Å². The van der Waals surface area contributed by atoms with Crippen LogP contribution in [0.2, 0.25) is 0 Å². The Hall–Kier alpha value is -1.49. The number of anilines is 1. The number of hydrogen-bond donors (Lipinski definition) is 1. The Labute approximate surface area is 111 Å². The zero-order chi connectivity index (χ0) is 13.3. The van der Waals surface area contributed by atoms with Gasteiger partial charge in [0.2, 0.25) is 0 Å². The van der Waals surface area contributed by atoms with Gasteiger partial charge in [0.25, 0.3) is 5.22 Å². The summed E-state index contributed by atoms with van der Waals surface area (Å²) in [7, 11) is 0. The molecule has 2 aromatic heterocycles. The van der Waals surface area contributed by atoms with E-state index in [-0.39, 0.29) is 0 Å². The number of pyridine rings is 1. The molecule has 0 spiro atoms. The van der Waals surface area contributed by atoms with Crippen molar-refractivity contribution < 1.29 is 4.42 Å². The Morgan fingerprint density at radius 2 is 2.00 bits per heavy atom. The summed E-state index contributed by atoms with van der Waals surface area (Å²) in [4.78, 5) is 8.74. The molecule has 0 aromatic carbocycles. The first-order chi connectivity index (χ1) is 8.49. The van der Waals surface area contributed by atoms with Gasteiger partial charge in [-0.2, -0.15) is 0 Å². The van der Waals surface area contributed by atoms with Crippen LogP contribution in [0.15, 0.2) is 15.8 Å². The van der Waals surface area contributed by atoms with Gasteiger partial charge in [0.15, 0.2) is 0 Å². The lowest BCUT2D eigenvalue weighted by atomic mass is 10.1. The normalized spacial score (nSPS) is 10.9. The van der Waals surface area contributed by atoms with Crippen LogP contribution in [0, 0.1) is 27.7 Å². The van der Waals surface area contributed by atoms with Gasteiger partial charge in [0.1, 0.15) is 5.76 Å². The van der Waals surface area contributed by atoms with E-state index in [9.17, 15) is 0 Å². The lowest BCUT2D eigenvalue weighted by molar-refractivity contribution is 0.431. The largest absolute Gasteiger partial charge is 0.437 e. The highest BCUT2D eigenvalue weighted by Crippen LogP contribution is 2.26. The molecule has 0 saturated heterocycles. The van der Waals surface area contributed by atoms with Crippen molar-refractivity contribution in [3.8, 4) is 0 Å². The third-order valence-electron chi connectivity index (χ3n) is 3.02. The SMILES string of the molecule is Cc1cnc(CSc2nc(C)c(C)o2)c(C)c1N. The predicted octanol–water partition coefficient (Wildman–Crippen LogP) is 3.18. The third kappa shape index (κ3) is 2.51. The average Bonchev–Trinajstić information content (AvgIpc) is 2.65. The highest BCUT2D eigenvalue weighted by Gasteiger charge is 2.10. The van der Waals surface area contributed by atoms with Gasteiger partial charge in [-0.15, -0.1) is 0 Å². The molecule has 0 amide bonds. The lowest BCUT2D eigenvalue weighted by Gasteiger charge is -2.08. The molecule has 0 atom stereocenters. The van der Waals surface area contributed by atoms with Crippen molar-refractivity contribution in [2.45, 2.75) is 38.7 Å². The van der Waals surface area contributed by atoms with Gasteiger partial charge in [-0.05, 0) is 38.8 Å². The van der Waals surface area contributed by atoms with Crippen LogP contribution >= 0.6 is 11.8 Å². The standard InChI is InChI=1S/C13H17N3OS/c1-7-5-15-11(8(2)12(7)14)6-18-13-16-9(3)10(4)17-13/h5H,6H2,1-4H3,(H2,14,15). The van der Waals surface area contributed by atoms with Gasteiger partial charge in [0.05, 0.1) is 11.4 Å². The zero-order valence-electron chi connectivity index (χ0n) is 11.1. The van der Waals surface area contributed by atoms with Crippen LogP contribution in [0.4, 0.5) is 5.69 Å². The van der Waals surface area contributed by atoms with Crippen LogP contribution in [0.5, 0.6) is 0 Å². The average molecular weight is 263 g/mol. The molecule has 0 fully saturated rings. The molecule has 2 rings (SSSR count). The Morgan fingerprint density at radius 1 is 1.28 bits per heavy atom. The third-order valence-corrected chi connectivity index (χ3v) is 3.86. The fourth-order valence-corrected chi connectivity index (χ4v) is 2.51. The van der Waals surface area contributed by atoms with Gasteiger partial charge in [0, 0.05) is 17.6 Å². The molecule has 2 heterocycles. The van der Waals surface area contributed by atoms with Crippen LogP contribution in [0.25, 0.3) is 0 Å². The van der Waals surface area contributed by atoms with E-state index in [2.05, 4.69) is 9.97 Å². The fraction of sp³-hybridized carbons (Fsp3) is 0.385. The molecule has 0 aliphatic carbocycles. The summed E-state index contributed by atoms with van der Waals surface area (Å²) in [6.45, 7) is 7.82. The molecule has 0 saturated carbocycles. The molecule has 5 heteroatoms. The predicted molar refractivity (Wildman–Crippen MR) is 73.7 cm³/mol. The Kier molecular flexibility index (Phi) is 3.61. The second-order valence-corrected chi connectivity index (χ2v) is 5.26. The van der Waals surface area contributed by atoms with E-state index in [0.717, 1.165) is 39.7 Å². The van der Waals surface area contributed by atoms with Crippen LogP contribution in [-0.2, 0) is 5.75 Å². The summed E-state index contributed by atoms with van der Waals surface area (Å²) in [5.74, 6) is 1.58. The van der Waals surface area contributed by atoms with Crippen molar-refractivity contribution in [1.82, 2.24) is 9.97 Å². The highest BCUT2D eigenvalue weighted by molar-refractivity contribution is 7.98. The second-order valence-electron chi connectivity index (χ2n) is 4.34. The maximum atomic E-state index is 5.99. The van der Waals surface area contributed by atoms with Crippen molar-refractivity contribution in [3.63, 3.8) is 0 Å². The van der Waals surface area contributed by atoms with Crippen LogP contribution in [0.3, 0.4) is 0 Å². The molecule has 96 valence electrons. The number of nitrogens with two attached hydrogens (primary N) is 1. The molecule has 0 unspecified atom stereocenters. The van der Waals surface area contributed by atoms with E-state index in [0.29, 0.717) is 5.22 Å². The summed E-state index contributed by atoms with van der Waals surface area (Å²) in [5.41, 5.74) is 10.8. The minimum absolute atomic E-state index is 0.686. The molecule has 0 bridgehead atoms. The number of nitrogen functional groups attached to an aromatic ring is 1. The number of aromatic nitrogens is 2. The lowest BCUT2D eigenvalue weighted by Crippen LogP contribution is -2.00. The number of hydrogen-bond acceptors (Lipinski definition) is 5. The number of oxazole rings is 1. The molecule has 0 radical (unpaired) electrons. The molecule has 0 aliphatic heterocycles. The minimum Gasteiger partial charge on any atom is -0.437 e. The van der Waals surface area contributed by atoms with Crippen molar-refractivity contribution in [1.29, 1.82) is 0 Å². The quantitative estimate of drug-likeness (QED) is 0.862. The molecule has 0 aliphatic rings. The number of rotatable bonds is 3. The second kappa shape index (κ2) is 5.02. The topological polar surface area (TPSA) is 64.9 Å².